The van der Waals surface area contributed by atoms with E-state index in [4.69, 9.17) is 0 Å². The van der Waals surface area contributed by atoms with Crippen molar-refractivity contribution in [1.29, 1.82) is 0 Å². The molecular formula is C27H28N4OS2. The van der Waals surface area contributed by atoms with Crippen molar-refractivity contribution in [2.24, 2.45) is 5.92 Å². The van der Waals surface area contributed by atoms with Crippen LogP contribution in [0.1, 0.15) is 24.0 Å². The van der Waals surface area contributed by atoms with Crippen LogP contribution in [0.3, 0.4) is 0 Å². The second-order valence-electron chi connectivity index (χ2n) is 8.74. The zero-order valence-electron chi connectivity index (χ0n) is 19.5. The maximum absolute atomic E-state index is 13.0. The van der Waals surface area contributed by atoms with Crippen LogP contribution in [-0.2, 0) is 11.3 Å². The van der Waals surface area contributed by atoms with E-state index < -0.39 is 0 Å². The Hall–Kier alpha value is -2.90. The summed E-state index contributed by atoms with van der Waals surface area (Å²) in [7, 11) is 0. The van der Waals surface area contributed by atoms with E-state index in [-0.39, 0.29) is 11.8 Å². The number of amides is 1. The lowest BCUT2D eigenvalue weighted by molar-refractivity contribution is -0.125. The molecular weight excluding hydrogens is 460 g/mol. The van der Waals surface area contributed by atoms with Crippen molar-refractivity contribution < 1.29 is 4.79 Å². The van der Waals surface area contributed by atoms with Crippen LogP contribution in [0.25, 0.3) is 20.7 Å². The summed E-state index contributed by atoms with van der Waals surface area (Å²) in [5, 5.41) is 4.21. The van der Waals surface area contributed by atoms with Crippen LogP contribution in [0.15, 0.2) is 65.8 Å². The molecule has 2 aromatic carbocycles. The highest BCUT2D eigenvalue weighted by Gasteiger charge is 2.27. The molecule has 7 heteroatoms. The number of benzene rings is 2. The summed E-state index contributed by atoms with van der Waals surface area (Å²) in [6.45, 7) is 4.25. The Morgan fingerprint density at radius 2 is 1.94 bits per heavy atom. The Labute approximate surface area is 208 Å². The molecule has 2 aromatic heterocycles. The van der Waals surface area contributed by atoms with E-state index in [9.17, 15) is 4.79 Å². The lowest BCUT2D eigenvalue weighted by atomic mass is 9.97. The first kappa shape index (κ1) is 22.9. The number of hydrogen-bond donors (Lipinski definition) is 1. The SMILES string of the molecule is CSc1ccc(CNC(=O)[C@H]2CCCN(c3ncnc4sc(-c5ccc(C)cc5)cc34)C2)cc1. The van der Waals surface area contributed by atoms with Gasteiger partial charge in [-0.05, 0) is 55.3 Å². The minimum Gasteiger partial charge on any atom is -0.355 e. The molecule has 1 atom stereocenters. The molecule has 0 radical (unpaired) electrons. The summed E-state index contributed by atoms with van der Waals surface area (Å²) in [5.74, 6) is 1.01. The number of hydrogen-bond acceptors (Lipinski definition) is 6. The molecule has 0 saturated carbocycles. The predicted molar refractivity (Wildman–Crippen MR) is 143 cm³/mol. The third kappa shape index (κ3) is 4.95. The number of piperidine rings is 1. The maximum Gasteiger partial charge on any atom is 0.225 e. The second kappa shape index (κ2) is 10.2. The van der Waals surface area contributed by atoms with Gasteiger partial charge in [0.15, 0.2) is 0 Å². The van der Waals surface area contributed by atoms with Crippen molar-refractivity contribution >= 4 is 45.0 Å². The molecule has 0 aliphatic carbocycles. The molecule has 1 saturated heterocycles. The quantitative estimate of drug-likeness (QED) is 0.341. The number of rotatable bonds is 6. The summed E-state index contributed by atoms with van der Waals surface area (Å²) in [6.07, 6.45) is 5.59. The molecule has 5 nitrogen and oxygen atoms in total. The summed E-state index contributed by atoms with van der Waals surface area (Å²) < 4.78 is 0. The zero-order chi connectivity index (χ0) is 23.5. The molecule has 3 heterocycles. The van der Waals surface area contributed by atoms with Gasteiger partial charge in [0, 0.05) is 29.4 Å². The fourth-order valence-corrected chi connectivity index (χ4v) is 5.82. The van der Waals surface area contributed by atoms with Crippen molar-refractivity contribution in [2.75, 3.05) is 24.2 Å². The average Bonchev–Trinajstić information content (AvgIpc) is 3.32. The molecule has 0 bridgehead atoms. The largest absolute Gasteiger partial charge is 0.355 e. The number of anilines is 1. The van der Waals surface area contributed by atoms with Crippen LogP contribution in [0, 0.1) is 12.8 Å². The van der Waals surface area contributed by atoms with E-state index in [0.29, 0.717) is 13.1 Å². The highest BCUT2D eigenvalue weighted by Crippen LogP contribution is 2.37. The van der Waals surface area contributed by atoms with Crippen LogP contribution in [0.4, 0.5) is 5.82 Å². The maximum atomic E-state index is 13.0. The number of carbonyl (C=O) groups is 1. The molecule has 0 unspecified atom stereocenters. The molecule has 1 amide bonds. The van der Waals surface area contributed by atoms with Crippen molar-refractivity contribution in [3.8, 4) is 10.4 Å². The summed E-state index contributed by atoms with van der Waals surface area (Å²) in [6, 6.07) is 19.1. The molecule has 34 heavy (non-hydrogen) atoms. The predicted octanol–water partition coefficient (Wildman–Crippen LogP) is 5.92. The normalized spacial score (nSPS) is 16.1. The van der Waals surface area contributed by atoms with Gasteiger partial charge in [-0.3, -0.25) is 4.79 Å². The number of nitrogens with one attached hydrogen (secondary N) is 1. The van der Waals surface area contributed by atoms with Gasteiger partial charge in [-0.15, -0.1) is 23.1 Å². The monoisotopic (exact) mass is 488 g/mol. The number of carbonyl (C=O) groups excluding carboxylic acids is 1. The van der Waals surface area contributed by atoms with E-state index in [1.165, 1.54) is 20.9 Å². The van der Waals surface area contributed by atoms with Crippen LogP contribution >= 0.6 is 23.1 Å². The van der Waals surface area contributed by atoms with Crippen LogP contribution in [-0.4, -0.2) is 35.2 Å². The number of thioether (sulfide) groups is 1. The lowest BCUT2D eigenvalue weighted by Gasteiger charge is -2.33. The van der Waals surface area contributed by atoms with Gasteiger partial charge >= 0.3 is 0 Å². The molecule has 1 aliphatic rings. The van der Waals surface area contributed by atoms with Gasteiger partial charge in [0.2, 0.25) is 5.91 Å². The molecule has 4 aromatic rings. The minimum absolute atomic E-state index is 0.0422. The van der Waals surface area contributed by atoms with E-state index in [2.05, 4.69) is 88.0 Å². The summed E-state index contributed by atoms with van der Waals surface area (Å²) >= 11 is 3.41. The van der Waals surface area contributed by atoms with Gasteiger partial charge in [-0.2, -0.15) is 0 Å². The topological polar surface area (TPSA) is 58.1 Å². The fraction of sp³-hybridized carbons (Fsp3) is 0.296. The summed E-state index contributed by atoms with van der Waals surface area (Å²) in [5.41, 5.74) is 3.57. The van der Waals surface area contributed by atoms with E-state index in [1.54, 1.807) is 29.4 Å². The number of fused-ring (bicyclic) bond motifs is 1. The summed E-state index contributed by atoms with van der Waals surface area (Å²) in [4.78, 5) is 27.8. The first-order valence-corrected chi connectivity index (χ1v) is 13.6. The number of thiophene rings is 1. The molecule has 1 fully saturated rings. The highest BCUT2D eigenvalue weighted by molar-refractivity contribution is 7.98. The van der Waals surface area contributed by atoms with Crippen LogP contribution < -0.4 is 10.2 Å². The molecule has 5 rings (SSSR count). The van der Waals surface area contributed by atoms with Crippen LogP contribution in [0.2, 0.25) is 0 Å². The zero-order valence-corrected chi connectivity index (χ0v) is 21.1. The van der Waals surface area contributed by atoms with Gasteiger partial charge in [-0.1, -0.05) is 42.0 Å². The first-order chi connectivity index (χ1) is 16.6. The molecule has 174 valence electrons. The van der Waals surface area contributed by atoms with Gasteiger partial charge in [-0.25, -0.2) is 9.97 Å². The Bertz CT molecular complexity index is 1280. The van der Waals surface area contributed by atoms with E-state index in [1.807, 2.05) is 0 Å². The van der Waals surface area contributed by atoms with Crippen molar-refractivity contribution in [2.45, 2.75) is 31.2 Å². The van der Waals surface area contributed by atoms with E-state index >= 15 is 0 Å². The van der Waals surface area contributed by atoms with Gasteiger partial charge in [0.25, 0.3) is 0 Å². The smallest absolute Gasteiger partial charge is 0.225 e. The minimum atomic E-state index is -0.0422. The first-order valence-electron chi connectivity index (χ1n) is 11.6. The Morgan fingerprint density at radius 1 is 1.15 bits per heavy atom. The fourth-order valence-electron chi connectivity index (χ4n) is 4.42. The third-order valence-electron chi connectivity index (χ3n) is 6.36. The molecule has 1 N–H and O–H groups in total. The van der Waals surface area contributed by atoms with E-state index in [0.717, 1.165) is 41.0 Å². The third-order valence-corrected chi connectivity index (χ3v) is 8.20. The lowest BCUT2D eigenvalue weighted by Crippen LogP contribution is -2.43. The highest BCUT2D eigenvalue weighted by atomic mass is 32.2. The van der Waals surface area contributed by atoms with Gasteiger partial charge in [0.05, 0.1) is 11.3 Å². The Morgan fingerprint density at radius 3 is 2.71 bits per heavy atom. The van der Waals surface area contributed by atoms with Crippen molar-refractivity contribution in [3.63, 3.8) is 0 Å². The number of nitrogens with zero attached hydrogens (tertiary/aromatic N) is 3. The standard InChI is InChI=1S/C27H28N4OS2/c1-18-5-9-20(10-6-18)24-14-23-25(29-17-30-27(23)34-24)31-13-3-4-21(16-31)26(32)28-15-19-7-11-22(33-2)12-8-19/h5-12,14,17,21H,3-4,13,15-16H2,1-2H3,(H,28,32)/t21-/m0/s1. The second-order valence-corrected chi connectivity index (χ2v) is 10.7. The van der Waals surface area contributed by atoms with Crippen molar-refractivity contribution in [3.05, 3.63) is 72.1 Å². The number of aryl methyl sites for hydroxylation is 1. The number of aromatic nitrogens is 2. The van der Waals surface area contributed by atoms with Gasteiger partial charge < -0.3 is 10.2 Å². The molecule has 1 aliphatic heterocycles. The Kier molecular flexibility index (Phi) is 6.83. The van der Waals surface area contributed by atoms with Crippen molar-refractivity contribution in [1.82, 2.24) is 15.3 Å². The van der Waals surface area contributed by atoms with Gasteiger partial charge in [0.1, 0.15) is 17.0 Å². The van der Waals surface area contributed by atoms with Crippen LogP contribution in [0.5, 0.6) is 0 Å². The Balaban J connectivity index is 1.30. The molecule has 0 spiro atoms. The average molecular weight is 489 g/mol.